The van der Waals surface area contributed by atoms with Gasteiger partial charge >= 0.3 is 0 Å². The molecule has 0 aromatic heterocycles. The second-order valence-electron chi connectivity index (χ2n) is 5.84. The summed E-state index contributed by atoms with van der Waals surface area (Å²) in [7, 11) is 1.45. The molecule has 1 aromatic carbocycles. The molecule has 0 aliphatic carbocycles. The molecule has 24 heavy (non-hydrogen) atoms. The van der Waals surface area contributed by atoms with E-state index in [-0.39, 0.29) is 24.1 Å². The van der Waals surface area contributed by atoms with Crippen molar-refractivity contribution in [1.29, 1.82) is 0 Å². The molecule has 1 fully saturated rings. The largest absolute Gasteiger partial charge is 0.486 e. The molecule has 3 rings (SSSR count). The zero-order chi connectivity index (χ0) is 17.3. The number of amides is 3. The second kappa shape index (κ2) is 6.51. The normalized spacial score (nSPS) is 19.6. The molecule has 7 heteroatoms. The zero-order valence-electron chi connectivity index (χ0n) is 13.8. The lowest BCUT2D eigenvalue weighted by atomic mass is 10.1. The summed E-state index contributed by atoms with van der Waals surface area (Å²) in [6.45, 7) is 3.12. The molecule has 2 aliphatic rings. The molecule has 1 aromatic rings. The number of hydrogen-bond acceptors (Lipinski definition) is 5. The highest BCUT2D eigenvalue weighted by molar-refractivity contribution is 6.08. The summed E-state index contributed by atoms with van der Waals surface area (Å²) in [6, 6.07) is 4.37. The Kier molecular flexibility index (Phi) is 4.42. The number of imide groups is 1. The summed E-state index contributed by atoms with van der Waals surface area (Å²) >= 11 is 0. The first kappa shape index (κ1) is 16.3. The Hall–Kier alpha value is -2.57. The van der Waals surface area contributed by atoms with Crippen LogP contribution < -0.4 is 9.47 Å². The van der Waals surface area contributed by atoms with E-state index in [9.17, 15) is 14.4 Å². The van der Waals surface area contributed by atoms with Gasteiger partial charge in [-0.15, -0.1) is 0 Å². The van der Waals surface area contributed by atoms with E-state index >= 15 is 0 Å². The first-order valence-corrected chi connectivity index (χ1v) is 8.04. The van der Waals surface area contributed by atoms with Gasteiger partial charge in [0.15, 0.2) is 11.5 Å². The lowest BCUT2D eigenvalue weighted by Gasteiger charge is -2.28. The molecule has 1 atom stereocenters. The monoisotopic (exact) mass is 332 g/mol. The molecule has 7 nitrogen and oxygen atoms in total. The van der Waals surface area contributed by atoms with Crippen LogP contribution in [0.1, 0.15) is 30.1 Å². The first-order valence-electron chi connectivity index (χ1n) is 8.04. The second-order valence-corrected chi connectivity index (χ2v) is 5.84. The highest BCUT2D eigenvalue weighted by Gasteiger charge is 2.42. The van der Waals surface area contributed by atoms with Gasteiger partial charge < -0.3 is 14.4 Å². The first-order chi connectivity index (χ1) is 11.5. The number of carbonyl (C=O) groups excluding carboxylic acids is 3. The maximum atomic E-state index is 13.1. The number of rotatable bonds is 4. The summed E-state index contributed by atoms with van der Waals surface area (Å²) in [4.78, 5) is 39.7. The van der Waals surface area contributed by atoms with Crippen LogP contribution >= 0.6 is 0 Å². The van der Waals surface area contributed by atoms with E-state index in [1.165, 1.54) is 11.9 Å². The van der Waals surface area contributed by atoms with Gasteiger partial charge in [0.05, 0.1) is 12.0 Å². The van der Waals surface area contributed by atoms with Crippen molar-refractivity contribution in [2.45, 2.75) is 25.8 Å². The molecular formula is C17H20N2O5. The van der Waals surface area contributed by atoms with Crippen LogP contribution in [-0.2, 0) is 9.59 Å². The van der Waals surface area contributed by atoms with Crippen LogP contribution in [0.5, 0.6) is 11.5 Å². The van der Waals surface area contributed by atoms with Crippen molar-refractivity contribution in [3.63, 3.8) is 0 Å². The molecule has 0 N–H and O–H groups in total. The van der Waals surface area contributed by atoms with Gasteiger partial charge in [-0.25, -0.2) is 0 Å². The summed E-state index contributed by atoms with van der Waals surface area (Å²) in [6.07, 6.45) is 0.702. The minimum absolute atomic E-state index is 0.0213. The van der Waals surface area contributed by atoms with E-state index in [0.29, 0.717) is 43.2 Å². The maximum absolute atomic E-state index is 13.1. The number of likely N-dealkylation sites (tertiary alicyclic amines) is 1. The van der Waals surface area contributed by atoms with E-state index in [2.05, 4.69) is 0 Å². The third-order valence-corrected chi connectivity index (χ3v) is 4.26. The van der Waals surface area contributed by atoms with Gasteiger partial charge in [-0.1, -0.05) is 13.0 Å². The smallest absolute Gasteiger partial charge is 0.258 e. The highest BCUT2D eigenvalue weighted by atomic mass is 16.6. The number of fused-ring (bicyclic) bond motifs is 1. The highest BCUT2D eigenvalue weighted by Crippen LogP contribution is 2.35. The molecule has 0 saturated carbocycles. The SMILES string of the molecule is CCCN(C(=O)c1cccc2c1OCCO2)[C@H]1CC(=O)N(C)C1=O. The van der Waals surface area contributed by atoms with Crippen LogP contribution in [0.3, 0.4) is 0 Å². The number of para-hydroxylation sites is 1. The van der Waals surface area contributed by atoms with Gasteiger partial charge in [-0.05, 0) is 18.6 Å². The Morgan fingerprint density at radius 1 is 1.29 bits per heavy atom. The molecular weight excluding hydrogens is 312 g/mol. The van der Waals surface area contributed by atoms with Crippen molar-refractivity contribution in [3.8, 4) is 11.5 Å². The third-order valence-electron chi connectivity index (χ3n) is 4.26. The number of ether oxygens (including phenoxy) is 2. The Bertz CT molecular complexity index is 688. The number of benzene rings is 1. The van der Waals surface area contributed by atoms with Gasteiger partial charge in [-0.2, -0.15) is 0 Å². The molecule has 3 amide bonds. The fourth-order valence-corrected chi connectivity index (χ4v) is 3.02. The van der Waals surface area contributed by atoms with Crippen molar-refractivity contribution in [1.82, 2.24) is 9.80 Å². The average molecular weight is 332 g/mol. The average Bonchev–Trinajstić information content (AvgIpc) is 2.86. The molecule has 0 radical (unpaired) electrons. The number of nitrogens with zero attached hydrogens (tertiary/aromatic N) is 2. The quantitative estimate of drug-likeness (QED) is 0.771. The minimum atomic E-state index is -0.754. The lowest BCUT2D eigenvalue weighted by molar-refractivity contribution is -0.137. The van der Waals surface area contributed by atoms with Crippen LogP contribution in [-0.4, -0.2) is 60.4 Å². The maximum Gasteiger partial charge on any atom is 0.258 e. The van der Waals surface area contributed by atoms with E-state index < -0.39 is 6.04 Å². The van der Waals surface area contributed by atoms with Crippen molar-refractivity contribution in [2.24, 2.45) is 0 Å². The number of hydrogen-bond donors (Lipinski definition) is 0. The summed E-state index contributed by atoms with van der Waals surface area (Å²) < 4.78 is 11.1. The van der Waals surface area contributed by atoms with Crippen LogP contribution in [0, 0.1) is 0 Å². The van der Waals surface area contributed by atoms with Gasteiger partial charge in [0, 0.05) is 13.6 Å². The fourth-order valence-electron chi connectivity index (χ4n) is 3.02. The van der Waals surface area contributed by atoms with Crippen LogP contribution in [0.4, 0.5) is 0 Å². The Balaban J connectivity index is 1.94. The van der Waals surface area contributed by atoms with Crippen molar-refractivity contribution >= 4 is 17.7 Å². The summed E-state index contributed by atoms with van der Waals surface area (Å²) in [5, 5.41) is 0. The number of carbonyl (C=O) groups is 3. The Morgan fingerprint density at radius 3 is 2.71 bits per heavy atom. The molecule has 2 heterocycles. The van der Waals surface area contributed by atoms with E-state index in [1.807, 2.05) is 6.92 Å². The fraction of sp³-hybridized carbons (Fsp3) is 0.471. The van der Waals surface area contributed by atoms with Crippen LogP contribution in [0.2, 0.25) is 0 Å². The van der Waals surface area contributed by atoms with Crippen molar-refractivity contribution in [2.75, 3.05) is 26.8 Å². The van der Waals surface area contributed by atoms with E-state index in [1.54, 1.807) is 18.2 Å². The Morgan fingerprint density at radius 2 is 2.04 bits per heavy atom. The van der Waals surface area contributed by atoms with Gasteiger partial charge in [0.1, 0.15) is 19.3 Å². The number of likely N-dealkylation sites (N-methyl/N-ethyl adjacent to an activating group) is 1. The van der Waals surface area contributed by atoms with Crippen molar-refractivity contribution < 1.29 is 23.9 Å². The standard InChI is InChI=1S/C17H20N2O5/c1-3-7-19(12-10-14(20)18(2)17(12)22)16(21)11-5-4-6-13-15(11)24-9-8-23-13/h4-6,12H,3,7-10H2,1-2H3/t12-/m0/s1. The van der Waals surface area contributed by atoms with Crippen LogP contribution in [0.15, 0.2) is 18.2 Å². The zero-order valence-corrected chi connectivity index (χ0v) is 13.8. The van der Waals surface area contributed by atoms with Gasteiger partial charge in [0.2, 0.25) is 5.91 Å². The predicted molar refractivity (Wildman–Crippen MR) is 84.9 cm³/mol. The van der Waals surface area contributed by atoms with Crippen LogP contribution in [0.25, 0.3) is 0 Å². The van der Waals surface area contributed by atoms with Crippen molar-refractivity contribution in [3.05, 3.63) is 23.8 Å². The van der Waals surface area contributed by atoms with E-state index in [0.717, 1.165) is 4.90 Å². The Labute approximate surface area is 140 Å². The molecule has 0 unspecified atom stereocenters. The lowest BCUT2D eigenvalue weighted by Crippen LogP contribution is -2.45. The predicted octanol–water partition coefficient (Wildman–Crippen LogP) is 1.07. The molecule has 1 saturated heterocycles. The third kappa shape index (κ3) is 2.70. The topological polar surface area (TPSA) is 76.2 Å². The molecule has 0 bridgehead atoms. The van der Waals surface area contributed by atoms with Gasteiger partial charge in [-0.3, -0.25) is 19.3 Å². The molecule has 0 spiro atoms. The summed E-state index contributed by atoms with van der Waals surface area (Å²) in [5.41, 5.74) is 0.357. The molecule has 128 valence electrons. The summed E-state index contributed by atoms with van der Waals surface area (Å²) in [5.74, 6) is -0.00698. The molecule has 2 aliphatic heterocycles. The minimum Gasteiger partial charge on any atom is -0.486 e. The van der Waals surface area contributed by atoms with E-state index in [4.69, 9.17) is 9.47 Å². The van der Waals surface area contributed by atoms with Gasteiger partial charge in [0.25, 0.3) is 11.8 Å².